The van der Waals surface area contributed by atoms with E-state index in [-0.39, 0.29) is 5.41 Å². The van der Waals surface area contributed by atoms with Gasteiger partial charge in [-0.2, -0.15) is 5.90 Å². The summed E-state index contributed by atoms with van der Waals surface area (Å²) in [4.78, 5) is 4.65. The summed E-state index contributed by atoms with van der Waals surface area (Å²) in [6, 6.07) is 0. The van der Waals surface area contributed by atoms with Crippen molar-refractivity contribution in [3.05, 3.63) is 12.0 Å². The summed E-state index contributed by atoms with van der Waals surface area (Å²) < 4.78 is 0. The molecule has 0 heterocycles. The van der Waals surface area contributed by atoms with E-state index < -0.39 is 0 Å². The highest BCUT2D eigenvalue weighted by molar-refractivity contribution is 5.00. The van der Waals surface area contributed by atoms with Gasteiger partial charge in [0.1, 0.15) is 5.76 Å². The van der Waals surface area contributed by atoms with Crippen LogP contribution in [-0.4, -0.2) is 7.05 Å². The molecule has 0 fully saturated rings. The lowest BCUT2D eigenvalue weighted by Gasteiger charge is -2.19. The van der Waals surface area contributed by atoms with Gasteiger partial charge >= 0.3 is 0 Å². The Kier molecular flexibility index (Phi) is 3.22. The van der Waals surface area contributed by atoms with Crippen LogP contribution in [0.3, 0.4) is 0 Å². The Hall–Kier alpha value is -0.700. The second-order valence-corrected chi connectivity index (χ2v) is 3.17. The molecule has 0 saturated carbocycles. The molecule has 3 nitrogen and oxygen atoms in total. The molecule has 10 heavy (non-hydrogen) atoms. The van der Waals surface area contributed by atoms with Crippen LogP contribution in [0, 0.1) is 5.41 Å². The van der Waals surface area contributed by atoms with Crippen molar-refractivity contribution in [3.8, 4) is 0 Å². The van der Waals surface area contributed by atoms with Crippen molar-refractivity contribution < 1.29 is 4.84 Å². The van der Waals surface area contributed by atoms with Crippen LogP contribution in [0.25, 0.3) is 0 Å². The molecule has 0 spiro atoms. The largest absolute Gasteiger partial charge is 0.414 e. The molecule has 3 heteroatoms. The molecular weight excluding hydrogens is 128 g/mol. The topological polar surface area (TPSA) is 47.3 Å². The molecule has 0 bridgehead atoms. The Morgan fingerprint density at radius 2 is 2.00 bits per heavy atom. The van der Waals surface area contributed by atoms with Gasteiger partial charge in [-0.25, -0.2) is 0 Å². The lowest BCUT2D eigenvalue weighted by atomic mass is 9.94. The average Bonchev–Trinajstić information content (AvgIpc) is 1.80. The van der Waals surface area contributed by atoms with E-state index in [1.165, 1.54) is 0 Å². The van der Waals surface area contributed by atoms with Gasteiger partial charge in [0.15, 0.2) is 0 Å². The Morgan fingerprint density at radius 3 is 2.10 bits per heavy atom. The predicted octanol–water partition coefficient (Wildman–Crippen LogP) is 0.984. The SMILES string of the molecule is CN/C=C(\ON)C(C)(C)C. The Morgan fingerprint density at radius 1 is 1.50 bits per heavy atom. The predicted molar refractivity (Wildman–Crippen MR) is 41.9 cm³/mol. The fourth-order valence-corrected chi connectivity index (χ4v) is 0.558. The third-order valence-electron chi connectivity index (χ3n) is 1.14. The summed E-state index contributed by atoms with van der Waals surface area (Å²) >= 11 is 0. The zero-order valence-electron chi connectivity index (χ0n) is 7.06. The first-order chi connectivity index (χ1) is 4.52. The first-order valence-corrected chi connectivity index (χ1v) is 3.27. The highest BCUT2D eigenvalue weighted by atomic mass is 16.6. The van der Waals surface area contributed by atoms with Gasteiger partial charge in [-0.05, 0) is 0 Å². The monoisotopic (exact) mass is 144 g/mol. The summed E-state index contributed by atoms with van der Waals surface area (Å²) in [6.45, 7) is 6.09. The zero-order chi connectivity index (χ0) is 8.20. The van der Waals surface area contributed by atoms with E-state index in [9.17, 15) is 0 Å². The number of nitrogens with one attached hydrogen (secondary N) is 1. The number of hydrogen-bond donors (Lipinski definition) is 2. The van der Waals surface area contributed by atoms with Crippen molar-refractivity contribution in [1.29, 1.82) is 0 Å². The molecule has 3 N–H and O–H groups in total. The molecule has 0 aromatic rings. The number of allylic oxidation sites excluding steroid dienone is 1. The molecule has 0 aromatic heterocycles. The quantitative estimate of drug-likeness (QED) is 0.448. The molecule has 60 valence electrons. The van der Waals surface area contributed by atoms with Gasteiger partial charge in [-0.3, -0.25) is 0 Å². The van der Waals surface area contributed by atoms with Crippen LogP contribution < -0.4 is 11.2 Å². The van der Waals surface area contributed by atoms with Gasteiger partial charge in [0, 0.05) is 18.7 Å². The molecule has 0 aromatic carbocycles. The third kappa shape index (κ3) is 2.73. The molecule has 0 rings (SSSR count). The first-order valence-electron chi connectivity index (χ1n) is 3.27. The van der Waals surface area contributed by atoms with Crippen molar-refractivity contribution >= 4 is 0 Å². The van der Waals surface area contributed by atoms with Crippen LogP contribution >= 0.6 is 0 Å². The molecule has 0 amide bonds. The van der Waals surface area contributed by atoms with E-state index in [2.05, 4.69) is 10.2 Å². The summed E-state index contributed by atoms with van der Waals surface area (Å²) in [5.41, 5.74) is -0.0300. The van der Waals surface area contributed by atoms with Gasteiger partial charge in [-0.15, -0.1) is 0 Å². The second-order valence-electron chi connectivity index (χ2n) is 3.17. The maximum atomic E-state index is 5.04. The van der Waals surface area contributed by atoms with E-state index in [0.717, 1.165) is 5.76 Å². The number of nitrogens with two attached hydrogens (primary N) is 1. The third-order valence-corrected chi connectivity index (χ3v) is 1.14. The highest BCUT2D eigenvalue weighted by Crippen LogP contribution is 2.23. The minimum Gasteiger partial charge on any atom is -0.414 e. The molecular formula is C7H16N2O. The summed E-state index contributed by atoms with van der Waals surface area (Å²) in [6.07, 6.45) is 1.75. The van der Waals surface area contributed by atoms with Gasteiger partial charge in [0.05, 0.1) is 0 Å². The zero-order valence-corrected chi connectivity index (χ0v) is 7.06. The molecule has 0 aliphatic rings. The second kappa shape index (κ2) is 3.46. The minimum atomic E-state index is -0.0300. The van der Waals surface area contributed by atoms with Crippen LogP contribution in [-0.2, 0) is 4.84 Å². The maximum Gasteiger partial charge on any atom is 0.144 e. The van der Waals surface area contributed by atoms with Gasteiger partial charge in [0.25, 0.3) is 0 Å². The van der Waals surface area contributed by atoms with E-state index in [1.54, 1.807) is 6.20 Å². The van der Waals surface area contributed by atoms with Crippen molar-refractivity contribution in [2.45, 2.75) is 20.8 Å². The van der Waals surface area contributed by atoms with Crippen LogP contribution in [0.15, 0.2) is 12.0 Å². The molecule has 0 atom stereocenters. The van der Waals surface area contributed by atoms with Gasteiger partial charge in [0.2, 0.25) is 0 Å². The molecule has 0 saturated heterocycles. The van der Waals surface area contributed by atoms with Crippen LogP contribution in [0.1, 0.15) is 20.8 Å². The first kappa shape index (κ1) is 9.30. The van der Waals surface area contributed by atoms with Gasteiger partial charge in [-0.1, -0.05) is 20.8 Å². The standard InChI is InChI=1S/C7H16N2O/c1-7(2,3)6(10-8)5-9-4/h5,9H,8H2,1-4H3/b6-5-. The summed E-state index contributed by atoms with van der Waals surface area (Å²) in [5.74, 6) is 5.78. The van der Waals surface area contributed by atoms with E-state index in [1.807, 2.05) is 27.8 Å². The Bertz CT molecular complexity index is 124. The maximum absolute atomic E-state index is 5.04. The van der Waals surface area contributed by atoms with E-state index in [0.29, 0.717) is 0 Å². The normalized spacial score (nSPS) is 13.1. The van der Waals surface area contributed by atoms with E-state index >= 15 is 0 Å². The fourth-order valence-electron chi connectivity index (χ4n) is 0.558. The van der Waals surface area contributed by atoms with Crippen LogP contribution in [0.2, 0.25) is 0 Å². The van der Waals surface area contributed by atoms with Crippen LogP contribution in [0.4, 0.5) is 0 Å². The molecule has 0 unspecified atom stereocenters. The molecule has 0 aliphatic carbocycles. The van der Waals surface area contributed by atoms with E-state index in [4.69, 9.17) is 5.90 Å². The van der Waals surface area contributed by atoms with Crippen molar-refractivity contribution in [3.63, 3.8) is 0 Å². The fraction of sp³-hybridized carbons (Fsp3) is 0.714. The smallest absolute Gasteiger partial charge is 0.144 e. The minimum absolute atomic E-state index is 0.0300. The van der Waals surface area contributed by atoms with Gasteiger partial charge < -0.3 is 10.2 Å². The number of rotatable bonds is 2. The lowest BCUT2D eigenvalue weighted by Crippen LogP contribution is -2.17. The Labute approximate surface area is 62.2 Å². The molecule has 0 aliphatic heterocycles. The van der Waals surface area contributed by atoms with Crippen LogP contribution in [0.5, 0.6) is 0 Å². The van der Waals surface area contributed by atoms with Crippen molar-refractivity contribution in [1.82, 2.24) is 5.32 Å². The van der Waals surface area contributed by atoms with Crippen molar-refractivity contribution in [2.75, 3.05) is 7.05 Å². The highest BCUT2D eigenvalue weighted by Gasteiger charge is 2.17. The lowest BCUT2D eigenvalue weighted by molar-refractivity contribution is 0.153. The summed E-state index contributed by atoms with van der Waals surface area (Å²) in [7, 11) is 1.81. The average molecular weight is 144 g/mol. The summed E-state index contributed by atoms with van der Waals surface area (Å²) in [5, 5.41) is 2.86. The number of hydrogen-bond acceptors (Lipinski definition) is 3. The molecule has 0 radical (unpaired) electrons. The Balaban J connectivity index is 4.21. The van der Waals surface area contributed by atoms with Crippen molar-refractivity contribution in [2.24, 2.45) is 11.3 Å².